The molecule has 0 unspecified atom stereocenters. The SMILES string of the molecule is FC(F)(F)c1ccc(Oc2cccc3ccnc(Cl)c23)cc1. The van der Waals surface area contributed by atoms with E-state index in [1.165, 1.54) is 12.1 Å². The van der Waals surface area contributed by atoms with Crippen molar-refractivity contribution in [3.05, 3.63) is 65.4 Å². The lowest BCUT2D eigenvalue weighted by molar-refractivity contribution is -0.137. The van der Waals surface area contributed by atoms with E-state index in [0.717, 1.165) is 17.5 Å². The Balaban J connectivity index is 1.97. The van der Waals surface area contributed by atoms with Gasteiger partial charge in [0, 0.05) is 6.20 Å². The van der Waals surface area contributed by atoms with Crippen molar-refractivity contribution >= 4 is 22.4 Å². The van der Waals surface area contributed by atoms with Crippen molar-refractivity contribution in [1.29, 1.82) is 0 Å². The van der Waals surface area contributed by atoms with Gasteiger partial charge in [0.25, 0.3) is 0 Å². The van der Waals surface area contributed by atoms with Gasteiger partial charge in [-0.25, -0.2) is 4.98 Å². The van der Waals surface area contributed by atoms with Crippen LogP contribution in [0.15, 0.2) is 54.7 Å². The summed E-state index contributed by atoms with van der Waals surface area (Å²) in [4.78, 5) is 3.99. The fourth-order valence-electron chi connectivity index (χ4n) is 2.08. The summed E-state index contributed by atoms with van der Waals surface area (Å²) in [5, 5.41) is 1.73. The number of halogens is 4. The van der Waals surface area contributed by atoms with Crippen LogP contribution in [0.5, 0.6) is 11.5 Å². The van der Waals surface area contributed by atoms with Crippen LogP contribution in [0.4, 0.5) is 13.2 Å². The van der Waals surface area contributed by atoms with Crippen molar-refractivity contribution in [2.45, 2.75) is 6.18 Å². The molecule has 3 aromatic rings. The third kappa shape index (κ3) is 2.85. The van der Waals surface area contributed by atoms with Crippen LogP contribution in [-0.2, 0) is 6.18 Å². The number of ether oxygens (including phenoxy) is 1. The molecule has 6 heteroatoms. The first-order valence-electron chi connectivity index (χ1n) is 6.33. The molecule has 22 heavy (non-hydrogen) atoms. The molecule has 2 aromatic carbocycles. The van der Waals surface area contributed by atoms with E-state index in [1.807, 2.05) is 6.07 Å². The quantitative estimate of drug-likeness (QED) is 0.564. The number of aromatic nitrogens is 1. The summed E-state index contributed by atoms with van der Waals surface area (Å²) in [7, 11) is 0. The molecule has 0 aliphatic carbocycles. The lowest BCUT2D eigenvalue weighted by Crippen LogP contribution is -2.04. The highest BCUT2D eigenvalue weighted by molar-refractivity contribution is 6.34. The van der Waals surface area contributed by atoms with Crippen molar-refractivity contribution < 1.29 is 17.9 Å². The van der Waals surface area contributed by atoms with E-state index >= 15 is 0 Å². The monoisotopic (exact) mass is 323 g/mol. The molecule has 0 saturated carbocycles. The van der Waals surface area contributed by atoms with E-state index in [9.17, 15) is 13.2 Å². The molecule has 112 valence electrons. The first kappa shape index (κ1) is 14.7. The molecule has 0 aliphatic heterocycles. The van der Waals surface area contributed by atoms with Crippen LogP contribution in [0.25, 0.3) is 10.8 Å². The van der Waals surface area contributed by atoms with E-state index < -0.39 is 11.7 Å². The van der Waals surface area contributed by atoms with E-state index in [0.29, 0.717) is 16.9 Å². The Morgan fingerprint density at radius 2 is 1.68 bits per heavy atom. The summed E-state index contributed by atoms with van der Waals surface area (Å²) in [6, 6.07) is 11.6. The average molecular weight is 324 g/mol. The van der Waals surface area contributed by atoms with Gasteiger partial charge >= 0.3 is 6.18 Å². The van der Waals surface area contributed by atoms with Gasteiger partial charge in [0.15, 0.2) is 0 Å². The summed E-state index contributed by atoms with van der Waals surface area (Å²) in [5.74, 6) is 0.732. The molecule has 0 radical (unpaired) electrons. The zero-order chi connectivity index (χ0) is 15.7. The van der Waals surface area contributed by atoms with Gasteiger partial charge in [-0.2, -0.15) is 13.2 Å². The average Bonchev–Trinajstić information content (AvgIpc) is 2.47. The molecular weight excluding hydrogens is 315 g/mol. The number of pyridine rings is 1. The van der Waals surface area contributed by atoms with Crippen LogP contribution in [-0.4, -0.2) is 4.98 Å². The third-order valence-corrected chi connectivity index (χ3v) is 3.40. The molecule has 3 rings (SSSR count). The third-order valence-electron chi connectivity index (χ3n) is 3.12. The zero-order valence-corrected chi connectivity index (χ0v) is 11.8. The van der Waals surface area contributed by atoms with Gasteiger partial charge in [0.05, 0.1) is 10.9 Å². The number of hydrogen-bond donors (Lipinski definition) is 0. The van der Waals surface area contributed by atoms with Crippen LogP contribution in [0.3, 0.4) is 0 Å². The predicted octanol–water partition coefficient (Wildman–Crippen LogP) is 5.70. The second kappa shape index (κ2) is 5.50. The summed E-state index contributed by atoms with van der Waals surface area (Å²) in [6.45, 7) is 0. The standard InChI is InChI=1S/C16H9ClF3NO/c17-15-14-10(8-9-21-15)2-1-3-13(14)22-12-6-4-11(5-7-12)16(18,19)20/h1-9H. The maximum Gasteiger partial charge on any atom is 0.416 e. The van der Waals surface area contributed by atoms with Gasteiger partial charge in [-0.15, -0.1) is 0 Å². The zero-order valence-electron chi connectivity index (χ0n) is 11.1. The minimum Gasteiger partial charge on any atom is -0.457 e. The molecule has 0 fully saturated rings. The maximum atomic E-state index is 12.5. The maximum absolute atomic E-state index is 12.5. The van der Waals surface area contributed by atoms with Crippen LogP contribution >= 0.6 is 11.6 Å². The second-order valence-corrected chi connectivity index (χ2v) is 4.94. The van der Waals surface area contributed by atoms with Gasteiger partial charge in [-0.1, -0.05) is 23.7 Å². The molecule has 0 amide bonds. The molecule has 0 bridgehead atoms. The number of alkyl halides is 3. The van der Waals surface area contributed by atoms with Crippen LogP contribution in [0.1, 0.15) is 5.56 Å². The van der Waals surface area contributed by atoms with Gasteiger partial charge in [0.1, 0.15) is 16.7 Å². The number of fused-ring (bicyclic) bond motifs is 1. The number of benzene rings is 2. The summed E-state index contributed by atoms with van der Waals surface area (Å²) < 4.78 is 43.3. The summed E-state index contributed by atoms with van der Waals surface area (Å²) >= 11 is 6.07. The molecule has 2 nitrogen and oxygen atoms in total. The van der Waals surface area contributed by atoms with E-state index in [1.54, 1.807) is 24.4 Å². The first-order valence-corrected chi connectivity index (χ1v) is 6.71. The van der Waals surface area contributed by atoms with Crippen molar-refractivity contribution in [2.24, 2.45) is 0 Å². The molecule has 0 atom stereocenters. The molecule has 0 N–H and O–H groups in total. The van der Waals surface area contributed by atoms with E-state index in [-0.39, 0.29) is 5.15 Å². The molecule has 0 saturated heterocycles. The van der Waals surface area contributed by atoms with Crippen LogP contribution < -0.4 is 4.74 Å². The Labute approximate surface area is 129 Å². The molecule has 1 aromatic heterocycles. The Morgan fingerprint density at radius 1 is 0.955 bits per heavy atom. The Kier molecular flexibility index (Phi) is 3.66. The van der Waals surface area contributed by atoms with Crippen LogP contribution in [0.2, 0.25) is 5.15 Å². The Hall–Kier alpha value is -2.27. The topological polar surface area (TPSA) is 22.1 Å². The van der Waals surface area contributed by atoms with E-state index in [4.69, 9.17) is 16.3 Å². The van der Waals surface area contributed by atoms with Gasteiger partial charge in [0.2, 0.25) is 0 Å². The molecule has 1 heterocycles. The van der Waals surface area contributed by atoms with Crippen LogP contribution in [0, 0.1) is 0 Å². The predicted molar refractivity (Wildman–Crippen MR) is 78.3 cm³/mol. The first-order chi connectivity index (χ1) is 10.4. The minimum absolute atomic E-state index is 0.278. The Morgan fingerprint density at radius 3 is 2.36 bits per heavy atom. The van der Waals surface area contributed by atoms with Gasteiger partial charge in [-0.3, -0.25) is 0 Å². The van der Waals surface area contributed by atoms with Gasteiger partial charge in [-0.05, 0) is 41.8 Å². The fourth-order valence-corrected chi connectivity index (χ4v) is 2.34. The highest BCUT2D eigenvalue weighted by Gasteiger charge is 2.30. The summed E-state index contributed by atoms with van der Waals surface area (Å²) in [5.41, 5.74) is -0.725. The molecule has 0 spiro atoms. The van der Waals surface area contributed by atoms with Crippen molar-refractivity contribution in [3.63, 3.8) is 0 Å². The summed E-state index contributed by atoms with van der Waals surface area (Å²) in [6.07, 6.45) is -2.79. The van der Waals surface area contributed by atoms with Crippen molar-refractivity contribution in [2.75, 3.05) is 0 Å². The van der Waals surface area contributed by atoms with E-state index in [2.05, 4.69) is 4.98 Å². The van der Waals surface area contributed by atoms with Crippen molar-refractivity contribution in [3.8, 4) is 11.5 Å². The Bertz CT molecular complexity index is 810. The number of nitrogens with zero attached hydrogens (tertiary/aromatic N) is 1. The largest absolute Gasteiger partial charge is 0.457 e. The fraction of sp³-hybridized carbons (Fsp3) is 0.0625. The second-order valence-electron chi connectivity index (χ2n) is 4.58. The normalized spacial score (nSPS) is 11.6. The molecule has 0 aliphatic rings. The molecular formula is C16H9ClF3NO. The number of hydrogen-bond acceptors (Lipinski definition) is 2. The van der Waals surface area contributed by atoms with Gasteiger partial charge < -0.3 is 4.74 Å². The highest BCUT2D eigenvalue weighted by atomic mass is 35.5. The lowest BCUT2D eigenvalue weighted by atomic mass is 10.1. The highest BCUT2D eigenvalue weighted by Crippen LogP contribution is 2.35. The number of rotatable bonds is 2. The minimum atomic E-state index is -4.37. The lowest BCUT2D eigenvalue weighted by Gasteiger charge is -2.11. The smallest absolute Gasteiger partial charge is 0.416 e. The van der Waals surface area contributed by atoms with Crippen molar-refractivity contribution in [1.82, 2.24) is 4.98 Å².